The zero-order valence-electron chi connectivity index (χ0n) is 12.9. The Labute approximate surface area is 138 Å². The minimum atomic E-state index is -0.375. The van der Waals surface area contributed by atoms with Crippen molar-refractivity contribution in [1.29, 1.82) is 0 Å². The lowest BCUT2D eigenvalue weighted by Crippen LogP contribution is -2.10. The Morgan fingerprint density at radius 3 is 1.62 bits per heavy atom. The van der Waals surface area contributed by atoms with Gasteiger partial charge in [0.1, 0.15) is 25.4 Å². The van der Waals surface area contributed by atoms with E-state index >= 15 is 0 Å². The van der Waals surface area contributed by atoms with E-state index in [1.807, 2.05) is 0 Å². The fourth-order valence-corrected chi connectivity index (χ4v) is 2.33. The molecule has 0 aliphatic carbocycles. The zero-order valence-corrected chi connectivity index (χ0v) is 12.9. The predicted molar refractivity (Wildman–Crippen MR) is 84.0 cm³/mol. The molecule has 124 valence electrons. The van der Waals surface area contributed by atoms with Crippen molar-refractivity contribution in [1.82, 2.24) is 0 Å². The van der Waals surface area contributed by atoms with E-state index in [1.54, 1.807) is 36.4 Å². The van der Waals surface area contributed by atoms with Gasteiger partial charge in [0.05, 0.1) is 24.3 Å². The average molecular weight is 328 g/mol. The summed E-state index contributed by atoms with van der Waals surface area (Å²) >= 11 is 0. The second-order valence-corrected chi connectivity index (χ2v) is 5.88. The summed E-state index contributed by atoms with van der Waals surface area (Å²) in [6.07, 6.45) is 0.0908. The van der Waals surface area contributed by atoms with E-state index in [1.165, 1.54) is 0 Å². The topological polar surface area (TPSA) is 77.7 Å². The van der Waals surface area contributed by atoms with Crippen LogP contribution < -0.4 is 0 Å². The Morgan fingerprint density at radius 2 is 1.25 bits per heavy atom. The molecule has 2 fully saturated rings. The fourth-order valence-electron chi connectivity index (χ4n) is 2.33. The first-order valence-corrected chi connectivity index (χ1v) is 7.80. The van der Waals surface area contributed by atoms with Crippen LogP contribution in [-0.4, -0.2) is 50.6 Å². The zero-order chi connectivity index (χ0) is 16.5. The van der Waals surface area contributed by atoms with Crippen LogP contribution >= 0.6 is 0 Å². The molecule has 0 amide bonds. The lowest BCUT2D eigenvalue weighted by Gasteiger charge is -2.07. The Morgan fingerprint density at radius 1 is 0.833 bits per heavy atom. The first kappa shape index (κ1) is 15.1. The van der Waals surface area contributed by atoms with Gasteiger partial charge < -0.3 is 18.9 Å². The maximum absolute atomic E-state index is 12.0. The van der Waals surface area contributed by atoms with Crippen LogP contribution in [0.3, 0.4) is 0 Å². The van der Waals surface area contributed by atoms with Crippen LogP contribution in [0.25, 0.3) is 10.8 Å². The number of ether oxygens (including phenoxy) is 4. The van der Waals surface area contributed by atoms with Crippen molar-refractivity contribution >= 4 is 22.7 Å². The van der Waals surface area contributed by atoms with Crippen LogP contribution in [0.2, 0.25) is 0 Å². The lowest BCUT2D eigenvalue weighted by atomic mass is 10.0. The highest BCUT2D eigenvalue weighted by atomic mass is 16.6. The molecule has 6 nitrogen and oxygen atoms in total. The average Bonchev–Trinajstić information content (AvgIpc) is 3.50. The van der Waals surface area contributed by atoms with Gasteiger partial charge in [0.25, 0.3) is 0 Å². The second kappa shape index (κ2) is 6.22. The van der Waals surface area contributed by atoms with Gasteiger partial charge in [0.2, 0.25) is 0 Å². The summed E-state index contributed by atoms with van der Waals surface area (Å²) in [7, 11) is 0. The van der Waals surface area contributed by atoms with E-state index in [2.05, 4.69) is 0 Å². The van der Waals surface area contributed by atoms with Gasteiger partial charge >= 0.3 is 11.9 Å². The number of carbonyl (C=O) groups excluding carboxylic acids is 2. The van der Waals surface area contributed by atoms with E-state index in [9.17, 15) is 9.59 Å². The molecular formula is C18H16O6. The molecule has 2 atom stereocenters. The first-order chi connectivity index (χ1) is 11.7. The van der Waals surface area contributed by atoms with Gasteiger partial charge in [-0.3, -0.25) is 0 Å². The number of rotatable bonds is 6. The summed E-state index contributed by atoms with van der Waals surface area (Å²) in [4.78, 5) is 24.0. The van der Waals surface area contributed by atoms with Crippen LogP contribution in [0.4, 0.5) is 0 Å². The molecule has 2 aliphatic rings. The minimum absolute atomic E-state index is 0.0454. The smallest absolute Gasteiger partial charge is 0.338 e. The Kier molecular flexibility index (Phi) is 3.92. The second-order valence-electron chi connectivity index (χ2n) is 5.88. The number of carbonyl (C=O) groups is 2. The van der Waals surface area contributed by atoms with Gasteiger partial charge in [-0.25, -0.2) is 9.59 Å². The number of epoxide rings is 2. The monoisotopic (exact) mass is 328 g/mol. The highest BCUT2D eigenvalue weighted by molar-refractivity contribution is 5.99. The lowest BCUT2D eigenvalue weighted by molar-refractivity contribution is 0.0468. The minimum Gasteiger partial charge on any atom is -0.459 e. The van der Waals surface area contributed by atoms with Crippen molar-refractivity contribution in [3.8, 4) is 0 Å². The maximum Gasteiger partial charge on any atom is 0.338 e. The molecule has 6 heteroatoms. The first-order valence-electron chi connectivity index (χ1n) is 7.80. The number of hydrogen-bond acceptors (Lipinski definition) is 6. The summed E-state index contributed by atoms with van der Waals surface area (Å²) in [5.41, 5.74) is 0.953. The maximum atomic E-state index is 12.0. The van der Waals surface area contributed by atoms with Crippen molar-refractivity contribution in [2.24, 2.45) is 0 Å². The van der Waals surface area contributed by atoms with Gasteiger partial charge in [-0.1, -0.05) is 12.1 Å². The number of fused-ring (bicyclic) bond motifs is 1. The molecule has 0 bridgehead atoms. The van der Waals surface area contributed by atoms with Crippen molar-refractivity contribution in [3.63, 3.8) is 0 Å². The van der Waals surface area contributed by atoms with Crippen molar-refractivity contribution in [2.75, 3.05) is 26.4 Å². The molecule has 0 aromatic heterocycles. The van der Waals surface area contributed by atoms with Crippen molar-refractivity contribution in [3.05, 3.63) is 47.5 Å². The molecule has 2 aromatic rings. The van der Waals surface area contributed by atoms with Crippen LogP contribution in [0, 0.1) is 0 Å². The molecule has 0 N–H and O–H groups in total. The quantitative estimate of drug-likeness (QED) is 0.596. The van der Waals surface area contributed by atoms with Gasteiger partial charge in [-0.15, -0.1) is 0 Å². The standard InChI is InChI=1S/C18H16O6/c19-17(23-9-15-7-21-15)13-3-1-11-5-14(4-2-12(11)6-13)18(20)24-10-16-8-22-16/h1-6,15-16H,7-10H2. The van der Waals surface area contributed by atoms with E-state index in [4.69, 9.17) is 18.9 Å². The van der Waals surface area contributed by atoms with Crippen LogP contribution in [0.15, 0.2) is 36.4 Å². The Hall–Kier alpha value is -2.44. The summed E-state index contributed by atoms with van der Waals surface area (Å²) in [5, 5.41) is 1.71. The molecule has 24 heavy (non-hydrogen) atoms. The summed E-state index contributed by atoms with van der Waals surface area (Å²) in [6, 6.07) is 10.5. The van der Waals surface area contributed by atoms with Crippen molar-refractivity contribution < 1.29 is 28.5 Å². The third kappa shape index (κ3) is 3.55. The largest absolute Gasteiger partial charge is 0.459 e. The molecule has 2 heterocycles. The summed E-state index contributed by atoms with van der Waals surface area (Å²) < 4.78 is 20.4. The van der Waals surface area contributed by atoms with Gasteiger partial charge in [-0.05, 0) is 35.0 Å². The van der Waals surface area contributed by atoms with Gasteiger partial charge in [0.15, 0.2) is 0 Å². The molecule has 0 spiro atoms. The van der Waals surface area contributed by atoms with E-state index < -0.39 is 0 Å². The number of esters is 2. The van der Waals surface area contributed by atoms with E-state index in [-0.39, 0.29) is 37.4 Å². The van der Waals surface area contributed by atoms with Crippen LogP contribution in [-0.2, 0) is 18.9 Å². The third-order valence-electron chi connectivity index (χ3n) is 3.92. The van der Waals surface area contributed by atoms with Crippen LogP contribution in [0.5, 0.6) is 0 Å². The molecule has 2 aromatic carbocycles. The van der Waals surface area contributed by atoms with Crippen LogP contribution in [0.1, 0.15) is 20.7 Å². The normalized spacial score (nSPS) is 21.3. The SMILES string of the molecule is O=C(OCC1CO1)c1ccc2cc(C(=O)OCC3CO3)ccc2c1. The van der Waals surface area contributed by atoms with E-state index in [0.29, 0.717) is 24.3 Å². The highest BCUT2D eigenvalue weighted by Crippen LogP contribution is 2.20. The van der Waals surface area contributed by atoms with Crippen molar-refractivity contribution in [2.45, 2.75) is 12.2 Å². The summed E-state index contributed by atoms with van der Waals surface area (Å²) in [5.74, 6) is -0.749. The molecule has 2 unspecified atom stereocenters. The predicted octanol–water partition coefficient (Wildman–Crippen LogP) is 1.95. The molecule has 0 radical (unpaired) electrons. The Balaban J connectivity index is 1.46. The molecule has 2 aliphatic heterocycles. The van der Waals surface area contributed by atoms with Gasteiger partial charge in [-0.2, -0.15) is 0 Å². The molecular weight excluding hydrogens is 312 g/mol. The van der Waals surface area contributed by atoms with Gasteiger partial charge in [0, 0.05) is 0 Å². The number of hydrogen-bond donors (Lipinski definition) is 0. The van der Waals surface area contributed by atoms with E-state index in [0.717, 1.165) is 10.8 Å². The summed E-state index contributed by atoms with van der Waals surface area (Å²) in [6.45, 7) is 1.87. The number of benzene rings is 2. The Bertz CT molecular complexity index is 724. The third-order valence-corrected chi connectivity index (χ3v) is 3.92. The molecule has 0 saturated carbocycles. The highest BCUT2D eigenvalue weighted by Gasteiger charge is 2.25. The molecule has 2 saturated heterocycles. The molecule has 4 rings (SSSR count). The fraction of sp³-hybridized carbons (Fsp3) is 0.333.